The molecule has 2 heteroatoms. The molecular formula is C6H14BrN. The van der Waals surface area contributed by atoms with Crippen LogP contribution in [0.3, 0.4) is 0 Å². The molecule has 1 nitrogen and oxygen atoms in total. The summed E-state index contributed by atoms with van der Waals surface area (Å²) in [6.45, 7) is -17.0. The van der Waals surface area contributed by atoms with E-state index in [0.29, 0.717) is 0 Å². The number of halogens is 1. The van der Waals surface area contributed by atoms with Gasteiger partial charge in [-0.25, -0.2) is 0 Å². The highest BCUT2D eigenvalue weighted by Gasteiger charge is 1.99. The van der Waals surface area contributed by atoms with Gasteiger partial charge >= 0.3 is 0 Å². The zero-order valence-corrected chi connectivity index (χ0v) is 5.41. The van der Waals surface area contributed by atoms with Crippen LogP contribution in [0, 0.1) is 0 Å². The molecule has 0 atom stereocenters. The van der Waals surface area contributed by atoms with Crippen LogP contribution in [0.2, 0.25) is 0 Å². The van der Waals surface area contributed by atoms with Gasteiger partial charge in [-0.2, -0.15) is 0 Å². The van der Waals surface area contributed by atoms with Crippen LogP contribution in [0.15, 0.2) is 12.6 Å². The number of hydrogen-bond acceptors (Lipinski definition) is 0. The maximum Gasteiger partial charge on any atom is 0.0973 e. The molecule has 0 saturated heterocycles. The zero-order valence-electron chi connectivity index (χ0n) is 17.8. The van der Waals surface area contributed by atoms with Gasteiger partial charge in [0.05, 0.1) is 46.6 Å². The van der Waals surface area contributed by atoms with Gasteiger partial charge in [-0.1, -0.05) is 6.53 Å². The number of nitrogens with zero attached hydrogens (tertiary/aromatic N) is 1. The normalized spacial score (nSPS) is 41.5. The van der Waals surface area contributed by atoms with Crippen LogP contribution in [0.1, 0.15) is 19.2 Å². The Morgan fingerprint density at radius 1 is 2.00 bits per heavy atom. The minimum Gasteiger partial charge on any atom is -1.00 e. The second kappa shape index (κ2) is 4.10. The van der Waals surface area contributed by atoms with E-state index < -0.39 is 44.5 Å². The fraction of sp³-hybridized carbons (Fsp3) is 0.667. The summed E-state index contributed by atoms with van der Waals surface area (Å²) in [5.41, 5.74) is 0. The van der Waals surface area contributed by atoms with Crippen molar-refractivity contribution in [3.8, 4) is 0 Å². The van der Waals surface area contributed by atoms with E-state index in [1.807, 2.05) is 0 Å². The summed E-state index contributed by atoms with van der Waals surface area (Å²) >= 11 is 0. The van der Waals surface area contributed by atoms with E-state index >= 15 is 0 Å². The van der Waals surface area contributed by atoms with Crippen LogP contribution in [0.25, 0.3) is 0 Å². The van der Waals surface area contributed by atoms with E-state index in [4.69, 9.17) is 19.2 Å². The predicted molar refractivity (Wildman–Crippen MR) is 33.1 cm³/mol. The van der Waals surface area contributed by atoms with Crippen molar-refractivity contribution >= 4 is 0 Å². The number of likely N-dealkylation sites (N-methyl/N-ethyl adjacent to an activating group) is 1. The number of quaternary nitrogens is 1. The third-order valence-electron chi connectivity index (χ3n) is 0.224. The quantitative estimate of drug-likeness (QED) is 0.268. The molecule has 50 valence electrons. The van der Waals surface area contributed by atoms with Crippen molar-refractivity contribution < 1.29 is 40.7 Å². The first kappa shape index (κ1) is 1.04. The van der Waals surface area contributed by atoms with E-state index in [9.17, 15) is 0 Å². The molecule has 8 heavy (non-hydrogen) atoms. The van der Waals surface area contributed by atoms with Gasteiger partial charge < -0.3 is 21.5 Å². The Hall–Kier alpha value is 0.180. The SMILES string of the molecule is [2H]C([2H])=C([2H])C([2H])([2H])[15N+](C([2H])([2H])[2H])(C([2H])([2H])[2H])C([2H])([2H])[2H].[Br-]. The summed E-state index contributed by atoms with van der Waals surface area (Å²) in [7, 11) is 0. The predicted octanol–water partition coefficient (Wildman–Crippen LogP) is -2.12. The minimum atomic E-state index is -3.90. The molecule has 0 spiro atoms. The van der Waals surface area contributed by atoms with Crippen molar-refractivity contribution in [2.24, 2.45) is 0 Å². The highest BCUT2D eigenvalue weighted by molar-refractivity contribution is 4.63. The highest BCUT2D eigenvalue weighted by Crippen LogP contribution is 1.86. The van der Waals surface area contributed by atoms with Gasteiger partial charge in [0.25, 0.3) is 0 Å². The second-order valence-electron chi connectivity index (χ2n) is 0.908. The molecule has 0 radical (unpaired) electrons. The molecule has 0 fully saturated rings. The maximum absolute atomic E-state index is 7.61. The molecule has 0 amide bonds. The summed E-state index contributed by atoms with van der Waals surface area (Å²) in [4.78, 5) is 0. The molecule has 0 N–H and O–H groups in total. The van der Waals surface area contributed by atoms with Crippen LogP contribution in [0.4, 0.5) is 0 Å². The van der Waals surface area contributed by atoms with Crippen molar-refractivity contribution in [1.82, 2.24) is 0 Å². The second-order valence-corrected chi connectivity index (χ2v) is 0.908. The van der Waals surface area contributed by atoms with Gasteiger partial charge in [-0.3, -0.25) is 0 Å². The summed E-state index contributed by atoms with van der Waals surface area (Å²) in [6, 6.07) is -1.65. The zero-order chi connectivity index (χ0) is 17.7. The van der Waals surface area contributed by atoms with Crippen molar-refractivity contribution in [3.05, 3.63) is 12.6 Å². The molecule has 0 aliphatic heterocycles. The summed E-state index contributed by atoms with van der Waals surface area (Å²) < 4.78 is 98.5. The smallest absolute Gasteiger partial charge is 0.0973 e. The van der Waals surface area contributed by atoms with E-state index in [-0.39, 0.29) is 17.0 Å². The molecule has 0 heterocycles. The molecule has 0 aromatic heterocycles. The number of rotatable bonds is 2. The molecule has 0 aliphatic rings. The Morgan fingerprint density at radius 2 is 2.62 bits per heavy atom. The van der Waals surface area contributed by atoms with Gasteiger partial charge in [-0.05, 0) is 6.05 Å². The highest BCUT2D eigenvalue weighted by atomic mass is 79.9. The lowest BCUT2D eigenvalue weighted by Gasteiger charge is -2.21. The van der Waals surface area contributed by atoms with Gasteiger partial charge in [0.15, 0.2) is 0 Å². The van der Waals surface area contributed by atoms with Crippen LogP contribution in [-0.4, -0.2) is 31.9 Å². The molecule has 0 saturated carbocycles. The Morgan fingerprint density at radius 3 is 3.00 bits per heavy atom. The lowest BCUT2D eigenvalue weighted by atomic mass is 10.6. The van der Waals surface area contributed by atoms with E-state index in [0.717, 1.165) is 0 Å². The van der Waals surface area contributed by atoms with Crippen LogP contribution < -0.4 is 17.0 Å². The molecular weight excluding hydrogens is 167 g/mol. The number of hydrogen-bond donors (Lipinski definition) is 0. The van der Waals surface area contributed by atoms with E-state index in [1.54, 1.807) is 0 Å². The molecule has 0 aliphatic carbocycles. The summed E-state index contributed by atoms with van der Waals surface area (Å²) in [6.07, 6.45) is 0. The third-order valence-corrected chi connectivity index (χ3v) is 0.224. The van der Waals surface area contributed by atoms with E-state index in [2.05, 4.69) is 0 Å². The summed E-state index contributed by atoms with van der Waals surface area (Å²) in [5, 5.41) is 0. The first-order chi connectivity index (χ1) is 8.85. The Labute approximate surface area is 82.0 Å². The topological polar surface area (TPSA) is 0 Å². The molecule has 0 aromatic carbocycles. The van der Waals surface area contributed by atoms with Crippen molar-refractivity contribution in [3.63, 3.8) is 0 Å². The maximum atomic E-state index is 7.61. The monoisotopic (exact) mass is 194 g/mol. The largest absolute Gasteiger partial charge is 1.00 e. The van der Waals surface area contributed by atoms with Crippen LogP contribution in [-0.2, 0) is 0 Å². The van der Waals surface area contributed by atoms with Crippen molar-refractivity contribution in [2.75, 3.05) is 27.4 Å². The van der Waals surface area contributed by atoms with Gasteiger partial charge in [0, 0.05) is 0 Å². The lowest BCUT2D eigenvalue weighted by Crippen LogP contribution is -3.00. The van der Waals surface area contributed by atoms with Gasteiger partial charge in [0.1, 0.15) is 0 Å². The summed E-state index contributed by atoms with van der Waals surface area (Å²) in [5.74, 6) is 0. The standard InChI is InChI=1S/C6H14N.BrH/c1-5-6-7(2,3)4;/h5H,1,6H2,2-4H3;1H/q+1;/p-1/i1D2,2D3,3D3,4D3,5D,6D2,7+1;. The van der Waals surface area contributed by atoms with E-state index in [1.165, 1.54) is 0 Å². The molecule has 0 unspecified atom stereocenters. The fourth-order valence-electron chi connectivity index (χ4n) is 0.0839. The minimum absolute atomic E-state index is 0. The third kappa shape index (κ3) is 9.49. The molecule has 0 bridgehead atoms. The first-order valence-electron chi connectivity index (χ1n) is 8.39. The molecule has 0 rings (SSSR count). The lowest BCUT2D eigenvalue weighted by molar-refractivity contribution is -0.864. The van der Waals surface area contributed by atoms with Crippen molar-refractivity contribution in [1.29, 1.82) is 0 Å². The van der Waals surface area contributed by atoms with Crippen LogP contribution in [0.5, 0.6) is 0 Å². The fourth-order valence-corrected chi connectivity index (χ4v) is 0.0839. The van der Waals surface area contributed by atoms with Gasteiger partial charge in [0.2, 0.25) is 0 Å². The van der Waals surface area contributed by atoms with Gasteiger partial charge in [-0.15, -0.1) is 0 Å². The Kier molecular flexibility index (Phi) is 0.530. The first-order valence-corrected chi connectivity index (χ1v) is 1.39. The molecule has 0 aromatic rings. The Bertz CT molecular complexity index is 386. The Balaban J connectivity index is 0. The average molecular weight is 195 g/mol. The van der Waals surface area contributed by atoms with Crippen molar-refractivity contribution in [2.45, 2.75) is 0 Å². The average Bonchev–Trinajstić information content (AvgIpc) is 2.07. The van der Waals surface area contributed by atoms with Crippen LogP contribution >= 0.6 is 0 Å².